The van der Waals surface area contributed by atoms with Gasteiger partial charge in [0.15, 0.2) is 6.79 Å². The predicted octanol–water partition coefficient (Wildman–Crippen LogP) is 5.13. The number of rotatable bonds is 9. The third-order valence-corrected chi connectivity index (χ3v) is 7.48. The summed E-state index contributed by atoms with van der Waals surface area (Å²) in [5.74, 6) is -0.984. The van der Waals surface area contributed by atoms with E-state index in [9.17, 15) is 14.4 Å². The highest BCUT2D eigenvalue weighted by Gasteiger charge is 2.39. The molecule has 1 N–H and O–H groups in total. The number of aromatic nitrogens is 1. The number of nitrogens with zero attached hydrogens (tertiary/aromatic N) is 2. The van der Waals surface area contributed by atoms with Crippen molar-refractivity contribution in [3.05, 3.63) is 83.2 Å². The number of amides is 3. The van der Waals surface area contributed by atoms with Crippen LogP contribution in [0.3, 0.4) is 0 Å². The monoisotopic (exact) mass is 503 g/mol. The molecule has 0 radical (unpaired) electrons. The maximum absolute atomic E-state index is 13.3. The molecule has 3 aromatic rings. The van der Waals surface area contributed by atoms with Crippen LogP contribution in [0.1, 0.15) is 36.8 Å². The highest BCUT2D eigenvalue weighted by molar-refractivity contribution is 6.76. The first-order valence-electron chi connectivity index (χ1n) is 11.7. The van der Waals surface area contributed by atoms with Gasteiger partial charge in [-0.3, -0.25) is 19.4 Å². The number of nitrogens with one attached hydrogen (secondary N) is 1. The molecule has 0 unspecified atom stereocenters. The van der Waals surface area contributed by atoms with Crippen LogP contribution in [0.4, 0.5) is 11.4 Å². The number of ether oxygens (including phenoxy) is 2. The minimum Gasteiger partial charge on any atom is -0.465 e. The zero-order valence-corrected chi connectivity index (χ0v) is 21.8. The maximum atomic E-state index is 13.3. The number of anilines is 2. The second kappa shape index (κ2) is 10.4. The molecule has 9 heteroatoms. The third-order valence-electron chi connectivity index (χ3n) is 5.77. The Balaban J connectivity index is 1.60. The Morgan fingerprint density at radius 1 is 1.03 bits per heavy atom. The van der Waals surface area contributed by atoms with Crippen molar-refractivity contribution in [1.29, 1.82) is 0 Å². The molecule has 0 saturated heterocycles. The minimum atomic E-state index is -1.27. The molecule has 0 spiro atoms. The number of carbonyl (C=O) groups excluding carboxylic acids is 3. The van der Waals surface area contributed by atoms with Crippen LogP contribution >= 0.6 is 0 Å². The Morgan fingerprint density at radius 2 is 1.83 bits per heavy atom. The fourth-order valence-corrected chi connectivity index (χ4v) is 4.56. The van der Waals surface area contributed by atoms with Gasteiger partial charge in [0, 0.05) is 32.6 Å². The average molecular weight is 504 g/mol. The normalized spacial score (nSPS) is 13.1. The van der Waals surface area contributed by atoms with Crippen molar-refractivity contribution >= 4 is 37.2 Å². The van der Waals surface area contributed by atoms with Gasteiger partial charge in [-0.15, -0.1) is 0 Å². The van der Waals surface area contributed by atoms with Crippen LogP contribution in [-0.4, -0.2) is 44.2 Å². The predicted molar refractivity (Wildman–Crippen MR) is 141 cm³/mol. The third kappa shape index (κ3) is 5.53. The molecule has 4 rings (SSSR count). The van der Waals surface area contributed by atoms with E-state index < -0.39 is 25.8 Å². The van der Waals surface area contributed by atoms with Crippen LogP contribution in [-0.2, 0) is 4.74 Å². The van der Waals surface area contributed by atoms with Gasteiger partial charge in [-0.05, 0) is 48.9 Å². The number of hydrogen-bond donors (Lipinski definition) is 1. The molecular formula is C27H29N3O5Si. The average Bonchev–Trinajstić information content (AvgIpc) is 3.09. The Bertz CT molecular complexity index is 1300. The van der Waals surface area contributed by atoms with Gasteiger partial charge in [-0.2, -0.15) is 0 Å². The van der Waals surface area contributed by atoms with E-state index in [4.69, 9.17) is 9.47 Å². The molecule has 0 bridgehead atoms. The van der Waals surface area contributed by atoms with Crippen LogP contribution in [0.15, 0.2) is 60.8 Å². The maximum Gasteiger partial charge on any atom is 0.274 e. The number of hydrogen-bond acceptors (Lipinski definition) is 6. The number of carbonyl (C=O) groups is 3. The first-order valence-corrected chi connectivity index (χ1v) is 15.4. The van der Waals surface area contributed by atoms with Gasteiger partial charge in [0.05, 0.1) is 16.8 Å². The molecule has 0 atom stereocenters. The van der Waals surface area contributed by atoms with E-state index >= 15 is 0 Å². The number of benzene rings is 2. The summed E-state index contributed by atoms with van der Waals surface area (Å²) in [7, 11) is -1.27. The van der Waals surface area contributed by atoms with E-state index in [1.165, 1.54) is 6.20 Å². The number of pyridine rings is 1. The molecule has 0 saturated carbocycles. The van der Waals surface area contributed by atoms with E-state index in [1.54, 1.807) is 61.5 Å². The lowest BCUT2D eigenvalue weighted by Gasteiger charge is -2.20. The number of imide groups is 1. The van der Waals surface area contributed by atoms with Gasteiger partial charge < -0.3 is 14.8 Å². The van der Waals surface area contributed by atoms with Gasteiger partial charge >= 0.3 is 0 Å². The summed E-state index contributed by atoms with van der Waals surface area (Å²) in [6.07, 6.45) is 1.54. The van der Waals surface area contributed by atoms with Crippen LogP contribution in [0, 0.1) is 6.92 Å². The summed E-state index contributed by atoms with van der Waals surface area (Å²) in [4.78, 5) is 44.2. The quantitative estimate of drug-likeness (QED) is 0.188. The van der Waals surface area contributed by atoms with E-state index in [0.717, 1.165) is 16.5 Å². The van der Waals surface area contributed by atoms with E-state index in [0.29, 0.717) is 23.4 Å². The minimum absolute atomic E-state index is 0.0582. The van der Waals surface area contributed by atoms with E-state index in [-0.39, 0.29) is 23.9 Å². The molecule has 1 aliphatic heterocycles. The van der Waals surface area contributed by atoms with Crippen LogP contribution in [0.25, 0.3) is 0 Å². The molecule has 186 valence electrons. The van der Waals surface area contributed by atoms with Crippen molar-refractivity contribution in [3.63, 3.8) is 0 Å². The van der Waals surface area contributed by atoms with Crippen molar-refractivity contribution in [3.8, 4) is 5.75 Å². The fraction of sp³-hybridized carbons (Fsp3) is 0.259. The van der Waals surface area contributed by atoms with Gasteiger partial charge in [0.25, 0.3) is 17.7 Å². The first kappa shape index (κ1) is 25.3. The smallest absolute Gasteiger partial charge is 0.274 e. The van der Waals surface area contributed by atoms with Gasteiger partial charge in [0.2, 0.25) is 0 Å². The number of fused-ring (bicyclic) bond motifs is 1. The summed E-state index contributed by atoms with van der Waals surface area (Å²) in [6.45, 7) is 9.06. The second-order valence-electron chi connectivity index (χ2n) is 9.78. The molecular weight excluding hydrogens is 474 g/mol. The Morgan fingerprint density at radius 3 is 2.53 bits per heavy atom. The zero-order chi connectivity index (χ0) is 25.9. The second-order valence-corrected chi connectivity index (χ2v) is 15.4. The van der Waals surface area contributed by atoms with Crippen molar-refractivity contribution < 1.29 is 23.9 Å². The number of aryl methyl sites for hydroxylation is 1. The molecule has 0 aliphatic carbocycles. The summed E-state index contributed by atoms with van der Waals surface area (Å²) in [6, 6.07) is 16.0. The van der Waals surface area contributed by atoms with Gasteiger partial charge in [-0.25, -0.2) is 4.90 Å². The SMILES string of the molecule is Cc1cccc2c1C(=O)N(c1ccc(NC(=O)c3ccccn3)cc1OCOCC[Si](C)(C)C)C2=O. The van der Waals surface area contributed by atoms with Crippen molar-refractivity contribution in [2.45, 2.75) is 32.6 Å². The lowest BCUT2D eigenvalue weighted by atomic mass is 10.0. The van der Waals surface area contributed by atoms with E-state index in [2.05, 4.69) is 29.9 Å². The highest BCUT2D eigenvalue weighted by Crippen LogP contribution is 2.37. The molecule has 8 nitrogen and oxygen atoms in total. The van der Waals surface area contributed by atoms with Gasteiger partial charge in [-0.1, -0.05) is 37.8 Å². The van der Waals surface area contributed by atoms with Crippen molar-refractivity contribution in [2.24, 2.45) is 0 Å². The Labute approximate surface area is 211 Å². The standard InChI is InChI=1S/C27H29N3O5Si/c1-18-8-7-9-20-24(18)27(33)30(26(20)32)22-12-11-19(29-25(31)21-10-5-6-13-28-21)16-23(22)35-17-34-14-15-36(2,3)4/h5-13,16H,14-15,17H2,1-4H3,(H,29,31). The fourth-order valence-electron chi connectivity index (χ4n) is 3.80. The van der Waals surface area contributed by atoms with E-state index in [1.807, 2.05) is 0 Å². The summed E-state index contributed by atoms with van der Waals surface area (Å²) in [5, 5.41) is 2.78. The molecule has 0 fully saturated rings. The van der Waals surface area contributed by atoms with Crippen LogP contribution < -0.4 is 15.0 Å². The van der Waals surface area contributed by atoms with Gasteiger partial charge in [0.1, 0.15) is 11.4 Å². The molecule has 3 amide bonds. The largest absolute Gasteiger partial charge is 0.465 e. The van der Waals surface area contributed by atoms with Crippen LogP contribution in [0.5, 0.6) is 5.75 Å². The highest BCUT2D eigenvalue weighted by atomic mass is 28.3. The Hall–Kier alpha value is -3.82. The molecule has 2 heterocycles. The molecule has 1 aromatic heterocycles. The summed E-state index contributed by atoms with van der Waals surface area (Å²) in [5.41, 5.74) is 2.43. The van der Waals surface area contributed by atoms with Crippen molar-refractivity contribution in [1.82, 2.24) is 4.98 Å². The molecule has 36 heavy (non-hydrogen) atoms. The molecule has 1 aliphatic rings. The Kier molecular flexibility index (Phi) is 7.32. The molecule has 2 aromatic carbocycles. The van der Waals surface area contributed by atoms with Crippen LogP contribution in [0.2, 0.25) is 25.7 Å². The topological polar surface area (TPSA) is 97.8 Å². The lowest BCUT2D eigenvalue weighted by Crippen LogP contribution is -2.30. The van der Waals surface area contributed by atoms with Crippen molar-refractivity contribution in [2.75, 3.05) is 23.6 Å². The zero-order valence-electron chi connectivity index (χ0n) is 20.8. The summed E-state index contributed by atoms with van der Waals surface area (Å²) >= 11 is 0. The summed E-state index contributed by atoms with van der Waals surface area (Å²) < 4.78 is 11.6. The lowest BCUT2D eigenvalue weighted by molar-refractivity contribution is 0.0223. The first-order chi connectivity index (χ1) is 17.2.